The number of hydrogen-bond acceptors (Lipinski definition) is 3. The number of aryl methyl sites for hydroxylation is 1. The second kappa shape index (κ2) is 11.0. The standard InChI is InChI=1S/C26H29BrN2O3S/c1-19(2)17-25(21-7-5-4-6-8-21)28-26(30)18-29(23-13-11-22(27)12-14-23)33(31,32)24-15-9-20(3)10-16-24/h4-16,19,25H,17-18H2,1-3H3,(H,28,30). The topological polar surface area (TPSA) is 66.5 Å². The predicted molar refractivity (Wildman–Crippen MR) is 137 cm³/mol. The van der Waals surface area contributed by atoms with Gasteiger partial charge in [-0.15, -0.1) is 0 Å². The maximum Gasteiger partial charge on any atom is 0.264 e. The molecule has 0 saturated carbocycles. The van der Waals surface area contributed by atoms with Gasteiger partial charge in [0.25, 0.3) is 10.0 Å². The van der Waals surface area contributed by atoms with Crippen LogP contribution >= 0.6 is 15.9 Å². The van der Waals surface area contributed by atoms with Gasteiger partial charge in [-0.05, 0) is 61.2 Å². The van der Waals surface area contributed by atoms with Crippen LogP contribution in [0, 0.1) is 12.8 Å². The van der Waals surface area contributed by atoms with Crippen molar-refractivity contribution in [2.24, 2.45) is 5.92 Å². The van der Waals surface area contributed by atoms with E-state index in [4.69, 9.17) is 0 Å². The fraction of sp³-hybridized carbons (Fsp3) is 0.269. The van der Waals surface area contributed by atoms with Crippen molar-refractivity contribution in [3.8, 4) is 0 Å². The van der Waals surface area contributed by atoms with Crippen LogP contribution in [0.3, 0.4) is 0 Å². The van der Waals surface area contributed by atoms with E-state index in [1.807, 2.05) is 37.3 Å². The third kappa shape index (κ3) is 6.68. The number of carbonyl (C=O) groups excluding carboxylic acids is 1. The molecule has 0 spiro atoms. The Morgan fingerprint density at radius 3 is 2.12 bits per heavy atom. The van der Waals surface area contributed by atoms with E-state index in [2.05, 4.69) is 35.1 Å². The van der Waals surface area contributed by atoms with Crippen LogP contribution in [0.5, 0.6) is 0 Å². The third-order valence-corrected chi connectivity index (χ3v) is 7.57. The van der Waals surface area contributed by atoms with Crippen LogP contribution in [0.1, 0.15) is 37.4 Å². The van der Waals surface area contributed by atoms with Gasteiger partial charge < -0.3 is 5.32 Å². The van der Waals surface area contributed by atoms with Gasteiger partial charge in [0.15, 0.2) is 0 Å². The zero-order valence-corrected chi connectivity index (χ0v) is 21.4. The molecule has 0 heterocycles. The van der Waals surface area contributed by atoms with E-state index in [0.717, 1.165) is 26.3 Å². The number of nitrogens with one attached hydrogen (secondary N) is 1. The lowest BCUT2D eigenvalue weighted by atomic mass is 9.97. The summed E-state index contributed by atoms with van der Waals surface area (Å²) in [6, 6.07) is 23.1. The summed E-state index contributed by atoms with van der Waals surface area (Å²) in [4.78, 5) is 13.3. The zero-order valence-electron chi connectivity index (χ0n) is 19.0. The van der Waals surface area contributed by atoms with Crippen LogP contribution in [-0.2, 0) is 14.8 Å². The number of anilines is 1. The molecule has 0 radical (unpaired) electrons. The van der Waals surface area contributed by atoms with Crippen molar-refractivity contribution < 1.29 is 13.2 Å². The van der Waals surface area contributed by atoms with E-state index < -0.39 is 10.0 Å². The molecule has 5 nitrogen and oxygen atoms in total. The summed E-state index contributed by atoms with van der Waals surface area (Å²) >= 11 is 3.38. The number of carbonyl (C=O) groups is 1. The highest BCUT2D eigenvalue weighted by Crippen LogP contribution is 2.26. The average Bonchev–Trinajstić information content (AvgIpc) is 2.78. The summed E-state index contributed by atoms with van der Waals surface area (Å²) in [6.45, 7) is 5.77. The molecule has 0 bridgehead atoms. The Bertz CT molecular complexity index is 1160. The summed E-state index contributed by atoms with van der Waals surface area (Å²) in [5.74, 6) is -0.00233. The van der Waals surface area contributed by atoms with Gasteiger partial charge in [0.1, 0.15) is 6.54 Å². The van der Waals surface area contributed by atoms with Gasteiger partial charge in [0.05, 0.1) is 16.6 Å². The summed E-state index contributed by atoms with van der Waals surface area (Å²) < 4.78 is 29.1. The van der Waals surface area contributed by atoms with Crippen LogP contribution < -0.4 is 9.62 Å². The normalized spacial score (nSPS) is 12.4. The first kappa shape index (κ1) is 25.0. The van der Waals surface area contributed by atoms with Crippen molar-refractivity contribution in [2.45, 2.75) is 38.1 Å². The van der Waals surface area contributed by atoms with Gasteiger partial charge >= 0.3 is 0 Å². The molecule has 0 aliphatic carbocycles. The summed E-state index contributed by atoms with van der Waals surface area (Å²) in [5, 5.41) is 3.05. The van der Waals surface area contributed by atoms with E-state index in [1.165, 1.54) is 0 Å². The minimum atomic E-state index is -3.95. The molecular weight excluding hydrogens is 500 g/mol. The number of hydrogen-bond donors (Lipinski definition) is 1. The Morgan fingerprint density at radius 2 is 1.55 bits per heavy atom. The smallest absolute Gasteiger partial charge is 0.264 e. The van der Waals surface area contributed by atoms with Crippen LogP contribution in [0.15, 0.2) is 88.2 Å². The quantitative estimate of drug-likeness (QED) is 0.378. The van der Waals surface area contributed by atoms with E-state index in [0.29, 0.717) is 11.6 Å². The number of halogens is 1. The maximum atomic E-state index is 13.5. The van der Waals surface area contributed by atoms with E-state index in [9.17, 15) is 13.2 Å². The molecule has 33 heavy (non-hydrogen) atoms. The molecule has 0 saturated heterocycles. The molecule has 0 aliphatic heterocycles. The minimum absolute atomic E-state index is 0.144. The molecule has 7 heteroatoms. The molecule has 1 unspecified atom stereocenters. The fourth-order valence-corrected chi connectivity index (χ4v) is 5.25. The first-order chi connectivity index (χ1) is 15.7. The van der Waals surface area contributed by atoms with Gasteiger partial charge in [-0.2, -0.15) is 0 Å². The Balaban J connectivity index is 1.91. The summed E-state index contributed by atoms with van der Waals surface area (Å²) in [5.41, 5.74) is 2.38. The third-order valence-electron chi connectivity index (χ3n) is 5.26. The van der Waals surface area contributed by atoms with Gasteiger partial charge in [0, 0.05) is 4.47 Å². The lowest BCUT2D eigenvalue weighted by molar-refractivity contribution is -0.120. The molecule has 3 aromatic rings. The van der Waals surface area contributed by atoms with Crippen molar-refractivity contribution in [1.29, 1.82) is 0 Å². The molecule has 1 N–H and O–H groups in total. The number of rotatable bonds is 9. The highest BCUT2D eigenvalue weighted by Gasteiger charge is 2.28. The first-order valence-electron chi connectivity index (χ1n) is 10.9. The van der Waals surface area contributed by atoms with Crippen molar-refractivity contribution in [3.63, 3.8) is 0 Å². The average molecular weight is 530 g/mol. The molecule has 0 aromatic heterocycles. The zero-order chi connectivity index (χ0) is 24.0. The highest BCUT2D eigenvalue weighted by molar-refractivity contribution is 9.10. The van der Waals surface area contributed by atoms with E-state index in [-0.39, 0.29) is 23.4 Å². The van der Waals surface area contributed by atoms with Crippen LogP contribution in [0.2, 0.25) is 0 Å². The van der Waals surface area contributed by atoms with Gasteiger partial charge in [-0.1, -0.05) is 77.8 Å². The van der Waals surface area contributed by atoms with Crippen molar-refractivity contribution in [2.75, 3.05) is 10.8 Å². The molecule has 3 aromatic carbocycles. The Morgan fingerprint density at radius 1 is 0.939 bits per heavy atom. The molecule has 1 atom stereocenters. The molecule has 174 valence electrons. The van der Waals surface area contributed by atoms with Crippen molar-refractivity contribution in [1.82, 2.24) is 5.32 Å². The largest absolute Gasteiger partial charge is 0.348 e. The number of amides is 1. The number of benzene rings is 3. The minimum Gasteiger partial charge on any atom is -0.348 e. The van der Waals surface area contributed by atoms with Gasteiger partial charge in [-0.25, -0.2) is 8.42 Å². The number of nitrogens with zero attached hydrogens (tertiary/aromatic N) is 1. The Kier molecular flexibility index (Phi) is 8.32. The van der Waals surface area contributed by atoms with Crippen molar-refractivity contribution in [3.05, 3.63) is 94.5 Å². The highest BCUT2D eigenvalue weighted by atomic mass is 79.9. The number of sulfonamides is 1. The summed E-state index contributed by atoms with van der Waals surface area (Å²) in [7, 11) is -3.95. The summed E-state index contributed by atoms with van der Waals surface area (Å²) in [6.07, 6.45) is 0.749. The monoisotopic (exact) mass is 528 g/mol. The molecule has 3 rings (SSSR count). The van der Waals surface area contributed by atoms with Gasteiger partial charge in [0.2, 0.25) is 5.91 Å². The Labute approximate surface area is 205 Å². The van der Waals surface area contributed by atoms with Crippen LogP contribution in [0.4, 0.5) is 5.69 Å². The van der Waals surface area contributed by atoms with Crippen LogP contribution in [0.25, 0.3) is 0 Å². The molecular formula is C26H29BrN2O3S. The predicted octanol–water partition coefficient (Wildman–Crippen LogP) is 5.86. The lowest BCUT2D eigenvalue weighted by Crippen LogP contribution is -2.42. The molecule has 0 aliphatic rings. The van der Waals surface area contributed by atoms with Crippen molar-refractivity contribution >= 4 is 37.5 Å². The second-order valence-corrected chi connectivity index (χ2v) is 11.2. The van der Waals surface area contributed by atoms with E-state index in [1.54, 1.807) is 48.5 Å². The van der Waals surface area contributed by atoms with Crippen LogP contribution in [-0.4, -0.2) is 20.9 Å². The maximum absolute atomic E-state index is 13.5. The second-order valence-electron chi connectivity index (χ2n) is 8.46. The molecule has 1 amide bonds. The first-order valence-corrected chi connectivity index (χ1v) is 13.1. The molecule has 0 fully saturated rings. The van der Waals surface area contributed by atoms with E-state index >= 15 is 0 Å². The Hall–Kier alpha value is -2.64. The van der Waals surface area contributed by atoms with Gasteiger partial charge in [-0.3, -0.25) is 9.10 Å². The fourth-order valence-electron chi connectivity index (χ4n) is 3.57. The SMILES string of the molecule is Cc1ccc(S(=O)(=O)N(CC(=O)NC(CC(C)C)c2ccccc2)c2ccc(Br)cc2)cc1. The lowest BCUT2D eigenvalue weighted by Gasteiger charge is -2.26.